The average Bonchev–Trinajstić information content (AvgIpc) is 3.02. The minimum Gasteiger partial charge on any atom is -0.337 e. The molecule has 0 spiro atoms. The Morgan fingerprint density at radius 2 is 2.14 bits per heavy atom. The SMILES string of the molecule is Cc1ncc(C(=O)N2CCCN(Cc3cnn(C)c3)CC2)s1. The van der Waals surface area contributed by atoms with Crippen molar-refractivity contribution in [2.75, 3.05) is 26.2 Å². The second-order valence-corrected chi connectivity index (χ2v) is 6.92. The van der Waals surface area contributed by atoms with Crippen molar-refractivity contribution in [1.29, 1.82) is 0 Å². The van der Waals surface area contributed by atoms with E-state index in [9.17, 15) is 4.79 Å². The highest BCUT2D eigenvalue weighted by atomic mass is 32.1. The van der Waals surface area contributed by atoms with Gasteiger partial charge in [-0.2, -0.15) is 5.10 Å². The Labute approximate surface area is 134 Å². The molecule has 3 heterocycles. The van der Waals surface area contributed by atoms with E-state index in [4.69, 9.17) is 0 Å². The van der Waals surface area contributed by atoms with E-state index in [2.05, 4.69) is 15.0 Å². The monoisotopic (exact) mass is 319 g/mol. The molecule has 118 valence electrons. The summed E-state index contributed by atoms with van der Waals surface area (Å²) in [5.41, 5.74) is 1.22. The number of aromatic nitrogens is 3. The van der Waals surface area contributed by atoms with Crippen LogP contribution in [0.3, 0.4) is 0 Å². The summed E-state index contributed by atoms with van der Waals surface area (Å²) in [6.07, 6.45) is 6.66. The summed E-state index contributed by atoms with van der Waals surface area (Å²) in [5, 5.41) is 5.15. The molecular formula is C15H21N5OS. The number of carbonyl (C=O) groups is 1. The largest absolute Gasteiger partial charge is 0.337 e. The lowest BCUT2D eigenvalue weighted by atomic mass is 10.3. The zero-order valence-corrected chi connectivity index (χ0v) is 13.8. The number of rotatable bonds is 3. The first-order valence-corrected chi connectivity index (χ1v) is 8.35. The maximum atomic E-state index is 12.5. The molecule has 0 aliphatic carbocycles. The molecule has 6 nitrogen and oxygen atoms in total. The molecule has 7 heteroatoms. The minimum absolute atomic E-state index is 0.119. The van der Waals surface area contributed by atoms with Gasteiger partial charge in [0.1, 0.15) is 4.88 Å². The Balaban J connectivity index is 1.58. The molecule has 2 aromatic heterocycles. The third-order valence-corrected chi connectivity index (χ3v) is 4.77. The van der Waals surface area contributed by atoms with E-state index in [0.29, 0.717) is 0 Å². The maximum absolute atomic E-state index is 12.5. The van der Waals surface area contributed by atoms with Crippen molar-refractivity contribution < 1.29 is 4.79 Å². The summed E-state index contributed by atoms with van der Waals surface area (Å²) < 4.78 is 1.83. The Morgan fingerprint density at radius 1 is 1.27 bits per heavy atom. The van der Waals surface area contributed by atoms with Gasteiger partial charge in [0.05, 0.1) is 17.4 Å². The van der Waals surface area contributed by atoms with Crippen LogP contribution < -0.4 is 0 Å². The molecule has 0 saturated carbocycles. The molecule has 1 saturated heterocycles. The third-order valence-electron chi connectivity index (χ3n) is 3.87. The van der Waals surface area contributed by atoms with Crippen molar-refractivity contribution in [3.63, 3.8) is 0 Å². The summed E-state index contributed by atoms with van der Waals surface area (Å²) >= 11 is 1.48. The van der Waals surface area contributed by atoms with Crippen LogP contribution in [-0.2, 0) is 13.6 Å². The first kappa shape index (κ1) is 15.2. The summed E-state index contributed by atoms with van der Waals surface area (Å²) in [7, 11) is 1.93. The molecule has 1 amide bonds. The predicted molar refractivity (Wildman–Crippen MR) is 85.9 cm³/mol. The molecule has 1 aliphatic heterocycles. The normalized spacial score (nSPS) is 16.7. The van der Waals surface area contributed by atoms with Crippen LogP contribution in [0.4, 0.5) is 0 Å². The minimum atomic E-state index is 0.119. The smallest absolute Gasteiger partial charge is 0.265 e. The zero-order chi connectivity index (χ0) is 15.5. The van der Waals surface area contributed by atoms with Gasteiger partial charge >= 0.3 is 0 Å². The van der Waals surface area contributed by atoms with Crippen LogP contribution in [0.2, 0.25) is 0 Å². The summed E-state index contributed by atoms with van der Waals surface area (Å²) in [6, 6.07) is 0. The van der Waals surface area contributed by atoms with Gasteiger partial charge < -0.3 is 4.90 Å². The molecule has 2 aromatic rings. The van der Waals surface area contributed by atoms with Crippen LogP contribution in [0, 0.1) is 6.92 Å². The molecule has 0 bridgehead atoms. The van der Waals surface area contributed by atoms with Gasteiger partial charge in [0.2, 0.25) is 0 Å². The van der Waals surface area contributed by atoms with Crippen molar-refractivity contribution >= 4 is 17.2 Å². The predicted octanol–water partition coefficient (Wildman–Crippen LogP) is 1.53. The van der Waals surface area contributed by atoms with Crippen LogP contribution >= 0.6 is 11.3 Å². The van der Waals surface area contributed by atoms with E-state index in [1.807, 2.05) is 35.9 Å². The van der Waals surface area contributed by atoms with Crippen molar-refractivity contribution in [2.45, 2.75) is 19.9 Å². The van der Waals surface area contributed by atoms with Gasteiger partial charge in [0.15, 0.2) is 0 Å². The summed E-state index contributed by atoms with van der Waals surface area (Å²) in [4.78, 5) is 21.8. The number of aryl methyl sites for hydroxylation is 2. The fourth-order valence-electron chi connectivity index (χ4n) is 2.76. The fraction of sp³-hybridized carbons (Fsp3) is 0.533. The Hall–Kier alpha value is -1.73. The van der Waals surface area contributed by atoms with Gasteiger partial charge in [-0.1, -0.05) is 0 Å². The number of hydrogen-bond donors (Lipinski definition) is 0. The van der Waals surface area contributed by atoms with Gasteiger partial charge in [-0.3, -0.25) is 14.4 Å². The Kier molecular flexibility index (Phi) is 4.54. The number of nitrogens with zero attached hydrogens (tertiary/aromatic N) is 5. The fourth-order valence-corrected chi connectivity index (χ4v) is 3.51. The molecule has 0 atom stereocenters. The molecule has 1 aliphatic rings. The first-order valence-electron chi connectivity index (χ1n) is 7.53. The second-order valence-electron chi connectivity index (χ2n) is 5.69. The number of thiazole rings is 1. The quantitative estimate of drug-likeness (QED) is 0.861. The molecular weight excluding hydrogens is 298 g/mol. The average molecular weight is 319 g/mol. The van der Waals surface area contributed by atoms with E-state index in [-0.39, 0.29) is 5.91 Å². The maximum Gasteiger partial charge on any atom is 0.265 e. The molecule has 22 heavy (non-hydrogen) atoms. The number of carbonyl (C=O) groups excluding carboxylic acids is 1. The van der Waals surface area contributed by atoms with Crippen molar-refractivity contribution in [3.8, 4) is 0 Å². The second kappa shape index (κ2) is 6.58. The standard InChI is InChI=1S/C15H21N5OS/c1-12-16-9-14(22-12)15(21)20-5-3-4-19(6-7-20)11-13-8-17-18(2)10-13/h8-10H,3-7,11H2,1-2H3. The molecule has 0 aromatic carbocycles. The lowest BCUT2D eigenvalue weighted by molar-refractivity contribution is 0.0765. The van der Waals surface area contributed by atoms with Crippen LogP contribution in [0.15, 0.2) is 18.6 Å². The van der Waals surface area contributed by atoms with E-state index in [1.54, 1.807) is 6.20 Å². The van der Waals surface area contributed by atoms with Gasteiger partial charge in [-0.25, -0.2) is 4.98 Å². The van der Waals surface area contributed by atoms with E-state index < -0.39 is 0 Å². The highest BCUT2D eigenvalue weighted by Gasteiger charge is 2.21. The third kappa shape index (κ3) is 3.53. The van der Waals surface area contributed by atoms with E-state index in [1.165, 1.54) is 16.9 Å². The van der Waals surface area contributed by atoms with Crippen LogP contribution in [0.5, 0.6) is 0 Å². The molecule has 0 N–H and O–H groups in total. The molecule has 3 rings (SSSR count). The highest BCUT2D eigenvalue weighted by Crippen LogP contribution is 2.16. The highest BCUT2D eigenvalue weighted by molar-refractivity contribution is 7.13. The van der Waals surface area contributed by atoms with Crippen molar-refractivity contribution in [2.24, 2.45) is 7.05 Å². The van der Waals surface area contributed by atoms with E-state index in [0.717, 1.165) is 49.0 Å². The van der Waals surface area contributed by atoms with Gasteiger partial charge in [-0.05, 0) is 13.3 Å². The topological polar surface area (TPSA) is 54.3 Å². The van der Waals surface area contributed by atoms with Crippen molar-refractivity contribution in [3.05, 3.63) is 34.0 Å². The molecule has 0 unspecified atom stereocenters. The van der Waals surface area contributed by atoms with Gasteiger partial charge in [0, 0.05) is 51.5 Å². The van der Waals surface area contributed by atoms with E-state index >= 15 is 0 Å². The number of hydrogen-bond acceptors (Lipinski definition) is 5. The van der Waals surface area contributed by atoms with Crippen LogP contribution in [-0.4, -0.2) is 56.7 Å². The van der Waals surface area contributed by atoms with Crippen LogP contribution in [0.25, 0.3) is 0 Å². The Bertz CT molecular complexity index is 650. The van der Waals surface area contributed by atoms with Crippen LogP contribution in [0.1, 0.15) is 26.7 Å². The lowest BCUT2D eigenvalue weighted by Gasteiger charge is -2.21. The van der Waals surface area contributed by atoms with Gasteiger partial charge in [-0.15, -0.1) is 11.3 Å². The number of amides is 1. The summed E-state index contributed by atoms with van der Waals surface area (Å²) in [6.45, 7) is 6.34. The molecule has 1 fully saturated rings. The first-order chi connectivity index (χ1) is 10.6. The molecule has 0 radical (unpaired) electrons. The van der Waals surface area contributed by atoms with Crippen molar-refractivity contribution in [1.82, 2.24) is 24.6 Å². The van der Waals surface area contributed by atoms with Gasteiger partial charge in [0.25, 0.3) is 5.91 Å². The summed E-state index contributed by atoms with van der Waals surface area (Å²) in [5.74, 6) is 0.119. The lowest BCUT2D eigenvalue weighted by Crippen LogP contribution is -2.34. The Morgan fingerprint density at radius 3 is 2.82 bits per heavy atom. The zero-order valence-electron chi connectivity index (χ0n) is 13.0.